The zero-order chi connectivity index (χ0) is 30.8. The lowest BCUT2D eigenvalue weighted by Crippen LogP contribution is -2.55. The fourth-order valence-corrected chi connectivity index (χ4v) is 14.5. The molecule has 1 amide bonds. The summed E-state index contributed by atoms with van der Waals surface area (Å²) < 4.78 is 58.6. The number of rotatable bonds is 12. The fraction of sp³-hybridized carbons (Fsp3) is 0.667. The molecule has 1 aromatic heterocycles. The third-order valence-electron chi connectivity index (χ3n) is 7.25. The summed E-state index contributed by atoms with van der Waals surface area (Å²) in [7, 11) is -10.0. The van der Waals surface area contributed by atoms with Crippen molar-refractivity contribution >= 4 is 54.1 Å². The zero-order valence-electron chi connectivity index (χ0n) is 25.5. The van der Waals surface area contributed by atoms with E-state index in [9.17, 15) is 22.7 Å². The van der Waals surface area contributed by atoms with Crippen LogP contribution in [0.3, 0.4) is 0 Å². The Morgan fingerprint density at radius 3 is 1.98 bits per heavy atom. The number of carbonyl (C=O) groups is 1. The van der Waals surface area contributed by atoms with Crippen LogP contribution in [0.25, 0.3) is 10.1 Å². The van der Waals surface area contributed by atoms with Crippen molar-refractivity contribution in [3.05, 3.63) is 24.3 Å². The number of amides is 1. The second-order valence-corrected chi connectivity index (χ2v) is 21.0. The van der Waals surface area contributed by atoms with Gasteiger partial charge in [0.1, 0.15) is 15.6 Å². The Kier molecular flexibility index (Phi) is 11.0. The third-order valence-corrected chi connectivity index (χ3v) is 17.1. The summed E-state index contributed by atoms with van der Waals surface area (Å²) in [5.41, 5.74) is -1.87. The van der Waals surface area contributed by atoms with Crippen molar-refractivity contribution < 1.29 is 36.4 Å². The van der Waals surface area contributed by atoms with E-state index in [0.717, 1.165) is 11.3 Å². The molecule has 0 aliphatic heterocycles. The number of ether oxygens (including phenoxy) is 1. The van der Waals surface area contributed by atoms with Crippen LogP contribution in [0.15, 0.2) is 28.5 Å². The fourth-order valence-electron chi connectivity index (χ4n) is 5.46. The Morgan fingerprint density at radius 2 is 1.55 bits per heavy atom. The van der Waals surface area contributed by atoms with Crippen LogP contribution in [0, 0.1) is 0 Å². The first kappa shape index (κ1) is 34.6. The van der Waals surface area contributed by atoms with Crippen LogP contribution in [0.2, 0.25) is 16.6 Å². The number of nitrogens with zero attached hydrogens (tertiary/aromatic N) is 1. The van der Waals surface area contributed by atoms with E-state index in [1.54, 1.807) is 34.6 Å². The van der Waals surface area contributed by atoms with Gasteiger partial charge in [-0.25, -0.2) is 4.79 Å². The molecule has 0 fully saturated rings. The monoisotopic (exact) mass is 634 g/mol. The van der Waals surface area contributed by atoms with E-state index in [0.29, 0.717) is 36.8 Å². The molecule has 0 spiro atoms. The van der Waals surface area contributed by atoms with Crippen LogP contribution >= 0.6 is 19.6 Å². The highest BCUT2D eigenvalue weighted by molar-refractivity contribution is 7.92. The molecule has 0 radical (unpaired) electrons. The summed E-state index contributed by atoms with van der Waals surface area (Å²) in [6.45, 7) is 21.2. The van der Waals surface area contributed by atoms with Crippen LogP contribution in [-0.2, 0) is 23.8 Å². The first-order valence-electron chi connectivity index (χ1n) is 13.6. The molecule has 1 N–H and O–H groups in total. The maximum Gasteiger partial charge on any atom is 0.697 e. The van der Waals surface area contributed by atoms with Crippen LogP contribution in [0.5, 0.6) is 5.75 Å². The van der Waals surface area contributed by atoms with Crippen molar-refractivity contribution in [2.24, 2.45) is 0 Å². The SMILES string of the molecule is CCC(CC)(O[P+](=O)O)N(C(=O)OC(C)(C)C)S(=O)(=O)c1cc2ccc(O[Si](C(C)C)(C(C)C)C(C)C)cc2s1. The molecule has 0 bridgehead atoms. The summed E-state index contributed by atoms with van der Waals surface area (Å²) in [5.74, 6) is 0.683. The first-order valence-corrected chi connectivity index (χ1v) is 19.2. The summed E-state index contributed by atoms with van der Waals surface area (Å²) >= 11 is 0.996. The van der Waals surface area contributed by atoms with Crippen LogP contribution < -0.4 is 4.43 Å². The van der Waals surface area contributed by atoms with E-state index < -0.39 is 44.0 Å². The predicted octanol–water partition coefficient (Wildman–Crippen LogP) is 8.56. The topological polar surface area (TPSA) is 119 Å². The van der Waals surface area contributed by atoms with Gasteiger partial charge in [0.2, 0.25) is 5.72 Å². The predicted molar refractivity (Wildman–Crippen MR) is 163 cm³/mol. The average Bonchev–Trinajstić information content (AvgIpc) is 3.24. The quantitative estimate of drug-likeness (QED) is 0.140. The normalized spacial score (nSPS) is 13.8. The summed E-state index contributed by atoms with van der Waals surface area (Å²) in [5, 5.41) is 0.665. The second kappa shape index (κ2) is 12.7. The largest absolute Gasteiger partial charge is 0.697 e. The Morgan fingerprint density at radius 1 is 1.02 bits per heavy atom. The number of hydrogen-bond acceptors (Lipinski definition) is 8. The van der Waals surface area contributed by atoms with E-state index >= 15 is 0 Å². The number of fused-ring (bicyclic) bond motifs is 1. The lowest BCUT2D eigenvalue weighted by Gasteiger charge is -2.42. The highest BCUT2D eigenvalue weighted by Gasteiger charge is 2.54. The van der Waals surface area contributed by atoms with Crippen molar-refractivity contribution in [3.63, 3.8) is 0 Å². The number of thiophene rings is 1. The van der Waals surface area contributed by atoms with Gasteiger partial charge >= 0.3 is 14.3 Å². The Bertz CT molecular complexity index is 1290. The van der Waals surface area contributed by atoms with Gasteiger partial charge in [0.05, 0.1) is 0 Å². The van der Waals surface area contributed by atoms with Crippen LogP contribution in [0.1, 0.15) is 89.0 Å². The van der Waals surface area contributed by atoms with Gasteiger partial charge in [-0.2, -0.15) is 12.7 Å². The number of carbonyl (C=O) groups excluding carboxylic acids is 1. The minimum Gasteiger partial charge on any atom is -0.543 e. The van der Waals surface area contributed by atoms with Gasteiger partial charge in [0.25, 0.3) is 18.3 Å². The van der Waals surface area contributed by atoms with Crippen molar-refractivity contribution in [3.8, 4) is 5.75 Å². The second-order valence-electron chi connectivity index (χ2n) is 11.9. The standard InChI is InChI=1S/C27H44NO8PS2Si/c1-12-27(13-2,36-37(30)31)28(25(29)34-26(9,10)11)39(32,33)24-16-21-14-15-22(17-23(21)38-24)35-40(18(3)4,19(5)6)20(7)8/h14-20H,12-13H2,1-11H3/p+1. The van der Waals surface area contributed by atoms with E-state index in [-0.39, 0.29) is 17.1 Å². The van der Waals surface area contributed by atoms with Gasteiger partial charge in [0.15, 0.2) is 0 Å². The van der Waals surface area contributed by atoms with Gasteiger partial charge in [-0.1, -0.05) is 59.9 Å². The molecule has 0 aliphatic rings. The molecule has 40 heavy (non-hydrogen) atoms. The smallest absolute Gasteiger partial charge is 0.543 e. The maximum absolute atomic E-state index is 14.1. The van der Waals surface area contributed by atoms with Gasteiger partial charge in [-0.05, 0) is 79.9 Å². The molecule has 0 saturated heterocycles. The molecule has 1 atom stereocenters. The Balaban J connectivity index is 2.70. The van der Waals surface area contributed by atoms with E-state index in [2.05, 4.69) is 41.5 Å². The molecule has 0 aliphatic carbocycles. The molecule has 2 rings (SSSR count). The molecule has 1 aromatic carbocycles. The lowest BCUT2D eigenvalue weighted by molar-refractivity contribution is -0.0544. The van der Waals surface area contributed by atoms with E-state index in [1.807, 2.05) is 18.2 Å². The number of benzene rings is 1. The summed E-state index contributed by atoms with van der Waals surface area (Å²) in [6.07, 6.45) is -1.33. The van der Waals surface area contributed by atoms with E-state index in [4.69, 9.17) is 13.7 Å². The Labute approximate surface area is 245 Å². The molecular weight excluding hydrogens is 589 g/mol. The van der Waals surface area contributed by atoms with Gasteiger partial charge in [0, 0.05) is 9.26 Å². The molecule has 2 aromatic rings. The van der Waals surface area contributed by atoms with Crippen LogP contribution in [-0.4, -0.2) is 43.4 Å². The maximum atomic E-state index is 14.1. The van der Waals surface area contributed by atoms with Crippen molar-refractivity contribution in [1.82, 2.24) is 4.31 Å². The van der Waals surface area contributed by atoms with Gasteiger partial charge in [-0.15, -0.1) is 16.2 Å². The Hall–Kier alpha value is -1.56. The van der Waals surface area contributed by atoms with E-state index in [1.165, 1.54) is 6.07 Å². The molecule has 9 nitrogen and oxygen atoms in total. The molecular formula is C27H45NO8PS2Si+. The molecule has 226 valence electrons. The molecule has 1 unspecified atom stereocenters. The average molecular weight is 635 g/mol. The van der Waals surface area contributed by atoms with Crippen molar-refractivity contribution in [2.45, 2.75) is 121 Å². The number of hydrogen-bond donors (Lipinski definition) is 1. The summed E-state index contributed by atoms with van der Waals surface area (Å²) in [6, 6.07) is 7.00. The molecule has 13 heteroatoms. The van der Waals surface area contributed by atoms with Crippen molar-refractivity contribution in [2.75, 3.05) is 0 Å². The molecule has 0 saturated carbocycles. The third kappa shape index (κ3) is 7.07. The highest BCUT2D eigenvalue weighted by Crippen LogP contribution is 2.45. The minimum atomic E-state index is -4.57. The highest BCUT2D eigenvalue weighted by atomic mass is 32.2. The summed E-state index contributed by atoms with van der Waals surface area (Å²) in [4.78, 5) is 23.0. The number of sulfonamides is 1. The van der Waals surface area contributed by atoms with Crippen molar-refractivity contribution in [1.29, 1.82) is 0 Å². The first-order chi connectivity index (χ1) is 18.3. The van der Waals surface area contributed by atoms with Gasteiger partial charge in [-0.3, -0.25) is 0 Å². The van der Waals surface area contributed by atoms with Gasteiger partial charge < -0.3 is 9.16 Å². The molecule has 1 heterocycles. The zero-order valence-corrected chi connectivity index (χ0v) is 29.0. The lowest BCUT2D eigenvalue weighted by atomic mass is 10.1. The van der Waals surface area contributed by atoms with Crippen LogP contribution in [0.4, 0.5) is 4.79 Å². The minimum absolute atomic E-state index is 0.0706.